The van der Waals surface area contributed by atoms with Gasteiger partial charge in [-0.05, 0) is 36.8 Å². The van der Waals surface area contributed by atoms with E-state index in [0.29, 0.717) is 17.9 Å². The Hall–Kier alpha value is -2.33. The maximum Gasteiger partial charge on any atom is 0.254 e. The van der Waals surface area contributed by atoms with Gasteiger partial charge in [0, 0.05) is 25.8 Å². The van der Waals surface area contributed by atoms with E-state index in [0.717, 1.165) is 18.7 Å². The van der Waals surface area contributed by atoms with Crippen LogP contribution in [0.1, 0.15) is 16.8 Å². The van der Waals surface area contributed by atoms with Crippen LogP contribution in [0.3, 0.4) is 0 Å². The summed E-state index contributed by atoms with van der Waals surface area (Å²) in [6.07, 6.45) is 1.04. The van der Waals surface area contributed by atoms with Gasteiger partial charge in [-0.15, -0.1) is 0 Å². The zero-order chi connectivity index (χ0) is 15.4. The highest BCUT2D eigenvalue weighted by Crippen LogP contribution is 2.23. The summed E-state index contributed by atoms with van der Waals surface area (Å²) >= 11 is 0. The summed E-state index contributed by atoms with van der Waals surface area (Å²) in [5.74, 6) is 1.45. The van der Waals surface area contributed by atoms with Crippen LogP contribution >= 0.6 is 0 Å². The van der Waals surface area contributed by atoms with Crippen molar-refractivity contribution in [2.45, 2.75) is 12.5 Å². The van der Waals surface area contributed by atoms with E-state index in [1.165, 1.54) is 0 Å². The van der Waals surface area contributed by atoms with Crippen LogP contribution in [0.5, 0.6) is 11.5 Å². The smallest absolute Gasteiger partial charge is 0.254 e. The molecule has 1 heterocycles. The summed E-state index contributed by atoms with van der Waals surface area (Å²) in [7, 11) is 1.69. The molecular weight excluding hydrogens is 278 g/mol. The molecule has 0 aromatic heterocycles. The van der Waals surface area contributed by atoms with Gasteiger partial charge in [0.05, 0.1) is 6.10 Å². The highest BCUT2D eigenvalue weighted by Gasteiger charge is 2.26. The van der Waals surface area contributed by atoms with Crippen molar-refractivity contribution in [1.82, 2.24) is 4.90 Å². The molecule has 114 valence electrons. The number of carbonyl (C=O) groups is 1. The van der Waals surface area contributed by atoms with Crippen molar-refractivity contribution >= 4 is 5.91 Å². The fraction of sp³-hybridized carbons (Fsp3) is 0.278. The molecule has 3 rings (SSSR count). The number of para-hydroxylation sites is 1. The first kappa shape index (κ1) is 14.6. The molecule has 1 saturated heterocycles. The predicted molar refractivity (Wildman–Crippen MR) is 84.3 cm³/mol. The summed E-state index contributed by atoms with van der Waals surface area (Å²) in [5, 5.41) is 0. The van der Waals surface area contributed by atoms with Crippen molar-refractivity contribution in [3.05, 3.63) is 60.2 Å². The molecule has 0 radical (unpaired) electrons. The third-order valence-corrected chi connectivity index (χ3v) is 3.83. The Morgan fingerprint density at radius 3 is 2.59 bits per heavy atom. The fourth-order valence-electron chi connectivity index (χ4n) is 2.60. The number of carbonyl (C=O) groups excluding carboxylic acids is 1. The molecule has 2 aromatic carbocycles. The number of amides is 1. The lowest BCUT2D eigenvalue weighted by atomic mass is 10.2. The largest absolute Gasteiger partial charge is 0.457 e. The molecule has 0 N–H and O–H groups in total. The van der Waals surface area contributed by atoms with Crippen molar-refractivity contribution in [1.29, 1.82) is 0 Å². The summed E-state index contributed by atoms with van der Waals surface area (Å²) < 4.78 is 11.1. The second kappa shape index (κ2) is 6.62. The van der Waals surface area contributed by atoms with E-state index >= 15 is 0 Å². The molecule has 0 aliphatic carbocycles. The Morgan fingerprint density at radius 2 is 1.86 bits per heavy atom. The number of likely N-dealkylation sites (tertiary alicyclic amines) is 1. The Bertz CT molecular complexity index is 642. The van der Waals surface area contributed by atoms with Crippen LogP contribution in [0.2, 0.25) is 0 Å². The van der Waals surface area contributed by atoms with Crippen molar-refractivity contribution in [2.75, 3.05) is 20.2 Å². The van der Waals surface area contributed by atoms with Crippen molar-refractivity contribution in [2.24, 2.45) is 0 Å². The summed E-state index contributed by atoms with van der Waals surface area (Å²) in [6, 6.07) is 16.8. The molecule has 0 bridgehead atoms. The molecule has 1 aliphatic rings. The highest BCUT2D eigenvalue weighted by atomic mass is 16.5. The lowest BCUT2D eigenvalue weighted by molar-refractivity contribution is 0.0724. The minimum absolute atomic E-state index is 0.0260. The number of nitrogens with zero attached hydrogens (tertiary/aromatic N) is 1. The van der Waals surface area contributed by atoms with E-state index in [-0.39, 0.29) is 12.0 Å². The molecule has 0 unspecified atom stereocenters. The zero-order valence-corrected chi connectivity index (χ0v) is 12.6. The van der Waals surface area contributed by atoms with Crippen molar-refractivity contribution in [3.63, 3.8) is 0 Å². The van der Waals surface area contributed by atoms with Gasteiger partial charge in [0.1, 0.15) is 11.5 Å². The number of hydrogen-bond acceptors (Lipinski definition) is 3. The van der Waals surface area contributed by atoms with Crippen LogP contribution in [-0.2, 0) is 4.74 Å². The third-order valence-electron chi connectivity index (χ3n) is 3.83. The van der Waals surface area contributed by atoms with Gasteiger partial charge in [-0.3, -0.25) is 4.79 Å². The highest BCUT2D eigenvalue weighted by molar-refractivity contribution is 5.94. The molecule has 4 heteroatoms. The number of ether oxygens (including phenoxy) is 2. The van der Waals surface area contributed by atoms with Gasteiger partial charge in [0.25, 0.3) is 5.91 Å². The number of benzene rings is 2. The molecule has 2 aromatic rings. The number of hydrogen-bond donors (Lipinski definition) is 0. The number of rotatable bonds is 4. The first-order valence-electron chi connectivity index (χ1n) is 7.41. The van der Waals surface area contributed by atoms with Crippen LogP contribution in [0, 0.1) is 0 Å². The van der Waals surface area contributed by atoms with E-state index in [1.54, 1.807) is 13.2 Å². The Morgan fingerprint density at radius 1 is 1.09 bits per heavy atom. The predicted octanol–water partition coefficient (Wildman–Crippen LogP) is 3.34. The van der Waals surface area contributed by atoms with Crippen LogP contribution < -0.4 is 4.74 Å². The van der Waals surface area contributed by atoms with Crippen LogP contribution in [0.25, 0.3) is 0 Å². The van der Waals surface area contributed by atoms with E-state index in [2.05, 4.69) is 0 Å². The fourth-order valence-corrected chi connectivity index (χ4v) is 2.60. The van der Waals surface area contributed by atoms with Crippen LogP contribution in [0.4, 0.5) is 0 Å². The van der Waals surface area contributed by atoms with Crippen molar-refractivity contribution in [3.8, 4) is 11.5 Å². The van der Waals surface area contributed by atoms with Crippen LogP contribution in [-0.4, -0.2) is 37.1 Å². The van der Waals surface area contributed by atoms with Gasteiger partial charge in [-0.1, -0.05) is 24.3 Å². The van der Waals surface area contributed by atoms with Crippen molar-refractivity contribution < 1.29 is 14.3 Å². The second-order valence-electron chi connectivity index (χ2n) is 5.34. The monoisotopic (exact) mass is 297 g/mol. The molecule has 1 aliphatic heterocycles. The van der Waals surface area contributed by atoms with Gasteiger partial charge in [0.2, 0.25) is 0 Å². The second-order valence-corrected chi connectivity index (χ2v) is 5.34. The maximum absolute atomic E-state index is 12.5. The molecule has 1 atom stereocenters. The molecule has 1 fully saturated rings. The topological polar surface area (TPSA) is 38.8 Å². The Labute approximate surface area is 130 Å². The first-order chi connectivity index (χ1) is 10.8. The van der Waals surface area contributed by atoms with Gasteiger partial charge < -0.3 is 14.4 Å². The minimum atomic E-state index is 0.0260. The minimum Gasteiger partial charge on any atom is -0.457 e. The van der Waals surface area contributed by atoms with Gasteiger partial charge >= 0.3 is 0 Å². The molecule has 4 nitrogen and oxygen atoms in total. The van der Waals surface area contributed by atoms with E-state index < -0.39 is 0 Å². The quantitative estimate of drug-likeness (QED) is 0.869. The molecule has 22 heavy (non-hydrogen) atoms. The SMILES string of the molecule is CO[C@@H]1CCN(C(=O)c2cccc(Oc3ccccc3)c2)C1. The summed E-state index contributed by atoms with van der Waals surface area (Å²) in [5.41, 5.74) is 0.644. The van der Waals surface area contributed by atoms with E-state index in [4.69, 9.17) is 9.47 Å². The third kappa shape index (κ3) is 3.28. The summed E-state index contributed by atoms with van der Waals surface area (Å²) in [6.45, 7) is 1.39. The van der Waals surface area contributed by atoms with Gasteiger partial charge in [-0.2, -0.15) is 0 Å². The normalized spacial score (nSPS) is 17.5. The lowest BCUT2D eigenvalue weighted by Crippen LogP contribution is -2.29. The average Bonchev–Trinajstić information content (AvgIpc) is 3.04. The zero-order valence-electron chi connectivity index (χ0n) is 12.6. The van der Waals surface area contributed by atoms with Gasteiger partial charge in [-0.25, -0.2) is 0 Å². The molecule has 1 amide bonds. The molecular formula is C18H19NO3. The maximum atomic E-state index is 12.5. The van der Waals surface area contributed by atoms with Crippen LogP contribution in [0.15, 0.2) is 54.6 Å². The molecule has 0 spiro atoms. The average molecular weight is 297 g/mol. The summed E-state index contributed by atoms with van der Waals surface area (Å²) in [4.78, 5) is 14.4. The van der Waals surface area contributed by atoms with E-state index in [1.807, 2.05) is 53.4 Å². The standard InChI is InChI=1S/C18H19NO3/c1-21-17-10-11-19(13-17)18(20)14-6-5-9-16(12-14)22-15-7-3-2-4-8-15/h2-9,12,17H,10-11,13H2,1H3/t17-/m1/s1. The van der Waals surface area contributed by atoms with E-state index in [9.17, 15) is 4.79 Å². The van der Waals surface area contributed by atoms with Gasteiger partial charge in [0.15, 0.2) is 0 Å². The Kier molecular flexibility index (Phi) is 4.39. The number of methoxy groups -OCH3 is 1. The lowest BCUT2D eigenvalue weighted by Gasteiger charge is -2.16. The molecule has 0 saturated carbocycles. The Balaban J connectivity index is 1.72. The first-order valence-corrected chi connectivity index (χ1v) is 7.41.